The molecule has 0 radical (unpaired) electrons. The van der Waals surface area contributed by atoms with Crippen LogP contribution in [0.5, 0.6) is 0 Å². The minimum atomic E-state index is -0.0754. The predicted molar refractivity (Wildman–Crippen MR) is 88.2 cm³/mol. The molecule has 1 N–H and O–H groups in total. The molecule has 0 aliphatic carbocycles. The molecule has 1 aromatic heterocycles. The first-order chi connectivity index (χ1) is 11.2. The lowest BCUT2D eigenvalue weighted by molar-refractivity contribution is -0.139. The number of rotatable bonds is 6. The topological polar surface area (TPSA) is 61.9 Å². The third-order valence-corrected chi connectivity index (χ3v) is 5.06. The van der Waals surface area contributed by atoms with Gasteiger partial charge in [0.2, 0.25) is 11.8 Å². The average molecular weight is 337 g/mol. The molecule has 0 bridgehead atoms. The van der Waals surface area contributed by atoms with Crippen molar-refractivity contribution in [2.75, 3.05) is 39.3 Å². The molecule has 1 atom stereocenters. The van der Waals surface area contributed by atoms with Gasteiger partial charge >= 0.3 is 0 Å². The predicted octanol–water partition coefficient (Wildman–Crippen LogP) is 0.687. The van der Waals surface area contributed by atoms with Crippen LogP contribution in [0.2, 0.25) is 0 Å². The van der Waals surface area contributed by atoms with Gasteiger partial charge in [-0.3, -0.25) is 14.5 Å². The Kier molecular flexibility index (Phi) is 5.64. The number of nitrogens with zero attached hydrogens (tertiary/aromatic N) is 2. The van der Waals surface area contributed by atoms with Gasteiger partial charge in [0.05, 0.1) is 19.2 Å². The summed E-state index contributed by atoms with van der Waals surface area (Å²) < 4.78 is 5.72. The van der Waals surface area contributed by atoms with Crippen LogP contribution in [-0.4, -0.2) is 67.0 Å². The van der Waals surface area contributed by atoms with Crippen LogP contribution in [0.3, 0.4) is 0 Å². The monoisotopic (exact) mass is 337 g/mol. The highest BCUT2D eigenvalue weighted by atomic mass is 32.1. The summed E-state index contributed by atoms with van der Waals surface area (Å²) >= 11 is 1.70. The fourth-order valence-electron chi connectivity index (χ4n) is 3.03. The summed E-state index contributed by atoms with van der Waals surface area (Å²) in [5, 5.41) is 4.80. The van der Waals surface area contributed by atoms with E-state index >= 15 is 0 Å². The Morgan fingerprint density at radius 2 is 2.43 bits per heavy atom. The van der Waals surface area contributed by atoms with Crippen molar-refractivity contribution >= 4 is 23.2 Å². The van der Waals surface area contributed by atoms with Gasteiger partial charge in [-0.15, -0.1) is 11.3 Å². The molecule has 3 rings (SSSR count). The van der Waals surface area contributed by atoms with Crippen LogP contribution in [0.15, 0.2) is 17.5 Å². The molecule has 126 valence electrons. The third-order valence-electron chi connectivity index (χ3n) is 4.20. The fourth-order valence-corrected chi connectivity index (χ4v) is 3.77. The Balaban J connectivity index is 1.59. The molecule has 1 aromatic rings. The molecule has 2 aliphatic rings. The molecule has 23 heavy (non-hydrogen) atoms. The van der Waals surface area contributed by atoms with Crippen molar-refractivity contribution < 1.29 is 14.3 Å². The van der Waals surface area contributed by atoms with Crippen LogP contribution in [-0.2, 0) is 20.9 Å². The molecule has 2 saturated heterocycles. The van der Waals surface area contributed by atoms with Gasteiger partial charge in [0.25, 0.3) is 0 Å². The smallest absolute Gasteiger partial charge is 0.239 e. The number of amides is 2. The number of carbonyl (C=O) groups excluding carboxylic acids is 2. The van der Waals surface area contributed by atoms with E-state index in [1.807, 2.05) is 6.07 Å². The van der Waals surface area contributed by atoms with Crippen molar-refractivity contribution in [2.24, 2.45) is 0 Å². The third kappa shape index (κ3) is 4.76. The first kappa shape index (κ1) is 16.4. The largest absolute Gasteiger partial charge is 0.377 e. The normalized spacial score (nSPS) is 21.7. The molecule has 3 heterocycles. The highest BCUT2D eigenvalue weighted by molar-refractivity contribution is 7.09. The van der Waals surface area contributed by atoms with Crippen molar-refractivity contribution in [1.82, 2.24) is 15.1 Å². The molecule has 0 saturated carbocycles. The zero-order valence-electron chi connectivity index (χ0n) is 13.2. The zero-order valence-corrected chi connectivity index (χ0v) is 14.0. The van der Waals surface area contributed by atoms with Gasteiger partial charge in [-0.1, -0.05) is 6.07 Å². The molecular weight excluding hydrogens is 314 g/mol. The van der Waals surface area contributed by atoms with Crippen LogP contribution in [0.1, 0.15) is 17.7 Å². The van der Waals surface area contributed by atoms with Gasteiger partial charge in [0, 0.05) is 37.7 Å². The highest BCUT2D eigenvalue weighted by Gasteiger charge is 2.25. The summed E-state index contributed by atoms with van der Waals surface area (Å²) in [7, 11) is 0. The number of thiophene rings is 1. The molecule has 7 heteroatoms. The van der Waals surface area contributed by atoms with Crippen LogP contribution < -0.4 is 5.32 Å². The van der Waals surface area contributed by atoms with Crippen molar-refractivity contribution in [3.8, 4) is 0 Å². The number of nitrogens with one attached hydrogen (secondary N) is 1. The second-order valence-electron chi connectivity index (χ2n) is 6.05. The van der Waals surface area contributed by atoms with Crippen molar-refractivity contribution in [3.63, 3.8) is 0 Å². The van der Waals surface area contributed by atoms with Crippen molar-refractivity contribution in [3.05, 3.63) is 22.4 Å². The molecule has 0 aromatic carbocycles. The number of ether oxygens (including phenoxy) is 1. The Morgan fingerprint density at radius 1 is 1.52 bits per heavy atom. The van der Waals surface area contributed by atoms with Crippen molar-refractivity contribution in [2.45, 2.75) is 25.5 Å². The van der Waals surface area contributed by atoms with Gasteiger partial charge in [0.1, 0.15) is 0 Å². The van der Waals surface area contributed by atoms with E-state index in [-0.39, 0.29) is 24.5 Å². The Morgan fingerprint density at radius 3 is 3.13 bits per heavy atom. The van der Waals surface area contributed by atoms with E-state index in [4.69, 9.17) is 4.74 Å². The second kappa shape index (κ2) is 7.90. The summed E-state index contributed by atoms with van der Waals surface area (Å²) in [6.45, 7) is 3.99. The van der Waals surface area contributed by atoms with E-state index in [2.05, 4.69) is 21.7 Å². The maximum absolute atomic E-state index is 12.5. The van der Waals surface area contributed by atoms with Crippen LogP contribution in [0.25, 0.3) is 0 Å². The van der Waals surface area contributed by atoms with Gasteiger partial charge in [-0.2, -0.15) is 0 Å². The molecule has 1 unspecified atom stereocenters. The summed E-state index contributed by atoms with van der Waals surface area (Å²) in [5.41, 5.74) is 0. The summed E-state index contributed by atoms with van der Waals surface area (Å²) in [6.07, 6.45) is 2.37. The van der Waals surface area contributed by atoms with Crippen molar-refractivity contribution in [1.29, 1.82) is 0 Å². The zero-order chi connectivity index (χ0) is 16.1. The summed E-state index contributed by atoms with van der Waals surface area (Å²) in [4.78, 5) is 29.0. The lowest BCUT2D eigenvalue weighted by Gasteiger charge is -2.30. The Bertz CT molecular complexity index is 529. The minimum Gasteiger partial charge on any atom is -0.377 e. The van der Waals surface area contributed by atoms with Crippen LogP contribution in [0.4, 0.5) is 0 Å². The maximum atomic E-state index is 12.5. The van der Waals surface area contributed by atoms with E-state index in [0.29, 0.717) is 19.6 Å². The fraction of sp³-hybridized carbons (Fsp3) is 0.625. The van der Waals surface area contributed by atoms with E-state index in [1.54, 1.807) is 16.2 Å². The maximum Gasteiger partial charge on any atom is 0.239 e. The standard InChI is InChI=1S/C16H23N3O3S/c20-15-11-19(6-5-17-15)16(21)12-18(9-13-3-1-7-22-13)10-14-4-2-8-23-14/h2,4,8,13H,1,3,5-7,9-12H2,(H,17,20). The van der Waals surface area contributed by atoms with E-state index in [1.165, 1.54) is 4.88 Å². The molecule has 2 aliphatic heterocycles. The minimum absolute atomic E-state index is 0.0226. The van der Waals surface area contributed by atoms with Gasteiger partial charge in [-0.05, 0) is 24.3 Å². The molecule has 0 spiro atoms. The highest BCUT2D eigenvalue weighted by Crippen LogP contribution is 2.17. The lowest BCUT2D eigenvalue weighted by Crippen LogP contribution is -2.52. The number of hydrogen-bond acceptors (Lipinski definition) is 5. The van der Waals surface area contributed by atoms with Gasteiger partial charge in [0.15, 0.2) is 0 Å². The quantitative estimate of drug-likeness (QED) is 0.830. The van der Waals surface area contributed by atoms with E-state index in [9.17, 15) is 9.59 Å². The summed E-state index contributed by atoms with van der Waals surface area (Å²) in [5.74, 6) is -0.0528. The molecule has 2 fully saturated rings. The van der Waals surface area contributed by atoms with Gasteiger partial charge < -0.3 is 15.0 Å². The second-order valence-corrected chi connectivity index (χ2v) is 7.08. The molecule has 2 amide bonds. The number of carbonyl (C=O) groups is 2. The first-order valence-corrected chi connectivity index (χ1v) is 8.99. The van der Waals surface area contributed by atoms with Crippen LogP contribution >= 0.6 is 11.3 Å². The SMILES string of the molecule is O=C1CN(C(=O)CN(Cc2cccs2)CC2CCCO2)CCN1. The van der Waals surface area contributed by atoms with Gasteiger partial charge in [-0.25, -0.2) is 0 Å². The Labute approximate surface area is 140 Å². The lowest BCUT2D eigenvalue weighted by atomic mass is 10.2. The molecule has 6 nitrogen and oxygen atoms in total. The van der Waals surface area contributed by atoms with Crippen LogP contribution in [0, 0.1) is 0 Å². The summed E-state index contributed by atoms with van der Waals surface area (Å²) in [6, 6.07) is 4.12. The van der Waals surface area contributed by atoms with E-state index < -0.39 is 0 Å². The van der Waals surface area contributed by atoms with E-state index in [0.717, 1.165) is 32.5 Å². The average Bonchev–Trinajstić information content (AvgIpc) is 3.21. The number of piperazine rings is 1. The first-order valence-electron chi connectivity index (χ1n) is 8.11. The Hall–Kier alpha value is -1.44. The molecular formula is C16H23N3O3S. The number of hydrogen-bond donors (Lipinski definition) is 1.